The fourth-order valence-corrected chi connectivity index (χ4v) is 1.93. The summed E-state index contributed by atoms with van der Waals surface area (Å²) in [5, 5.41) is 11.9. The lowest BCUT2D eigenvalue weighted by Crippen LogP contribution is -2.13. The summed E-state index contributed by atoms with van der Waals surface area (Å²) in [5.41, 5.74) is 2.50. The highest BCUT2D eigenvalue weighted by Crippen LogP contribution is 2.22. The summed E-state index contributed by atoms with van der Waals surface area (Å²) in [6, 6.07) is 12.7. The third-order valence-electron chi connectivity index (χ3n) is 2.95. The Morgan fingerprint density at radius 2 is 2.10 bits per heavy atom. The quantitative estimate of drug-likeness (QED) is 0.925. The van der Waals surface area contributed by atoms with E-state index in [0.29, 0.717) is 16.9 Å². The van der Waals surface area contributed by atoms with Crippen LogP contribution >= 0.6 is 0 Å². The number of carbonyl (C=O) groups excluding carboxylic acids is 1. The molecule has 0 bridgehead atoms. The molecule has 1 amide bonds. The van der Waals surface area contributed by atoms with Gasteiger partial charge in [0.1, 0.15) is 5.69 Å². The Morgan fingerprint density at radius 3 is 2.70 bits per heavy atom. The lowest BCUT2D eigenvalue weighted by molar-refractivity contribution is 0.102. The van der Waals surface area contributed by atoms with Gasteiger partial charge in [-0.2, -0.15) is 5.26 Å². The average Bonchev–Trinajstić information content (AvgIpc) is 2.47. The molecular formula is C16H15N3O. The fraction of sp³-hybridized carbons (Fsp3) is 0.188. The molecule has 0 aliphatic heterocycles. The number of nitrogens with zero attached hydrogens (tertiary/aromatic N) is 2. The molecule has 0 atom stereocenters. The van der Waals surface area contributed by atoms with E-state index in [0.717, 1.165) is 5.56 Å². The minimum Gasteiger partial charge on any atom is -0.321 e. The van der Waals surface area contributed by atoms with Gasteiger partial charge >= 0.3 is 0 Å². The van der Waals surface area contributed by atoms with Crippen molar-refractivity contribution in [2.45, 2.75) is 19.8 Å². The van der Waals surface area contributed by atoms with Crippen molar-refractivity contribution >= 4 is 11.6 Å². The second-order valence-corrected chi connectivity index (χ2v) is 4.74. The van der Waals surface area contributed by atoms with Crippen LogP contribution in [0.2, 0.25) is 0 Å². The summed E-state index contributed by atoms with van der Waals surface area (Å²) in [6.07, 6.45) is 1.57. The van der Waals surface area contributed by atoms with Crippen LogP contribution in [-0.2, 0) is 0 Å². The summed E-state index contributed by atoms with van der Waals surface area (Å²) in [7, 11) is 0. The molecule has 1 aromatic heterocycles. The summed E-state index contributed by atoms with van der Waals surface area (Å²) in [4.78, 5) is 16.0. The van der Waals surface area contributed by atoms with Crippen LogP contribution in [0.1, 0.15) is 41.4 Å². The van der Waals surface area contributed by atoms with Gasteiger partial charge < -0.3 is 5.32 Å². The number of nitrogens with one attached hydrogen (secondary N) is 1. The SMILES string of the molecule is CC(C)c1ccc(NC(=O)c2ccccn2)cc1C#N. The third-order valence-corrected chi connectivity index (χ3v) is 2.95. The molecule has 1 N–H and O–H groups in total. The monoisotopic (exact) mass is 265 g/mol. The van der Waals surface area contributed by atoms with Gasteiger partial charge in [-0.25, -0.2) is 0 Å². The van der Waals surface area contributed by atoms with Crippen molar-refractivity contribution in [2.24, 2.45) is 0 Å². The summed E-state index contributed by atoms with van der Waals surface area (Å²) in [5.74, 6) is -0.0167. The first-order valence-corrected chi connectivity index (χ1v) is 6.38. The normalized spacial score (nSPS) is 10.1. The molecule has 0 aliphatic carbocycles. The van der Waals surface area contributed by atoms with Gasteiger partial charge in [0.2, 0.25) is 0 Å². The Labute approximate surface area is 118 Å². The molecule has 0 spiro atoms. The molecule has 100 valence electrons. The van der Waals surface area contributed by atoms with Crippen molar-refractivity contribution < 1.29 is 4.79 Å². The maximum Gasteiger partial charge on any atom is 0.274 e. The molecule has 1 heterocycles. The molecule has 0 saturated heterocycles. The number of benzene rings is 1. The van der Waals surface area contributed by atoms with Gasteiger partial charge in [0.05, 0.1) is 11.6 Å². The van der Waals surface area contributed by atoms with Crippen LogP contribution in [0.4, 0.5) is 5.69 Å². The van der Waals surface area contributed by atoms with Crippen molar-refractivity contribution in [2.75, 3.05) is 5.32 Å². The Morgan fingerprint density at radius 1 is 1.30 bits per heavy atom. The lowest BCUT2D eigenvalue weighted by atomic mass is 9.97. The van der Waals surface area contributed by atoms with Gasteiger partial charge in [0, 0.05) is 11.9 Å². The van der Waals surface area contributed by atoms with E-state index in [4.69, 9.17) is 5.26 Å². The Kier molecular flexibility index (Phi) is 4.11. The van der Waals surface area contributed by atoms with Crippen LogP contribution in [0.3, 0.4) is 0 Å². The van der Waals surface area contributed by atoms with Crippen molar-refractivity contribution in [1.29, 1.82) is 5.26 Å². The van der Waals surface area contributed by atoms with Gasteiger partial charge in [-0.1, -0.05) is 26.0 Å². The van der Waals surface area contributed by atoms with Crippen molar-refractivity contribution in [3.63, 3.8) is 0 Å². The van der Waals surface area contributed by atoms with Crippen LogP contribution in [0.5, 0.6) is 0 Å². The van der Waals surface area contributed by atoms with Crippen molar-refractivity contribution in [3.8, 4) is 6.07 Å². The first kappa shape index (κ1) is 13.8. The smallest absolute Gasteiger partial charge is 0.274 e. The van der Waals surface area contributed by atoms with Crippen LogP contribution in [0.15, 0.2) is 42.6 Å². The number of nitriles is 1. The van der Waals surface area contributed by atoms with Crippen LogP contribution in [0.25, 0.3) is 0 Å². The van der Waals surface area contributed by atoms with Gasteiger partial charge in [-0.05, 0) is 35.7 Å². The van der Waals surface area contributed by atoms with Crippen LogP contribution in [0, 0.1) is 11.3 Å². The van der Waals surface area contributed by atoms with Gasteiger partial charge in [-0.3, -0.25) is 9.78 Å². The molecule has 0 saturated carbocycles. The number of aromatic nitrogens is 1. The van der Waals surface area contributed by atoms with Gasteiger partial charge in [0.25, 0.3) is 5.91 Å². The highest BCUT2D eigenvalue weighted by Gasteiger charge is 2.10. The van der Waals surface area contributed by atoms with E-state index in [-0.39, 0.29) is 11.8 Å². The van der Waals surface area contributed by atoms with Crippen LogP contribution < -0.4 is 5.32 Å². The van der Waals surface area contributed by atoms with Gasteiger partial charge in [0.15, 0.2) is 0 Å². The number of rotatable bonds is 3. The van der Waals surface area contributed by atoms with Crippen molar-refractivity contribution in [1.82, 2.24) is 4.98 Å². The Balaban J connectivity index is 2.23. The molecule has 4 heteroatoms. The molecule has 0 fully saturated rings. The number of anilines is 1. The largest absolute Gasteiger partial charge is 0.321 e. The van der Waals surface area contributed by atoms with Crippen molar-refractivity contribution in [3.05, 3.63) is 59.4 Å². The molecular weight excluding hydrogens is 250 g/mol. The second kappa shape index (κ2) is 5.98. The summed E-state index contributed by atoms with van der Waals surface area (Å²) < 4.78 is 0. The number of hydrogen-bond acceptors (Lipinski definition) is 3. The zero-order valence-corrected chi connectivity index (χ0v) is 11.4. The maximum atomic E-state index is 12.0. The van der Waals surface area contributed by atoms with E-state index in [1.807, 2.05) is 19.9 Å². The molecule has 0 unspecified atom stereocenters. The predicted molar refractivity (Wildman–Crippen MR) is 77.4 cm³/mol. The van der Waals surface area contributed by atoms with E-state index in [1.54, 1.807) is 36.5 Å². The van der Waals surface area contributed by atoms with E-state index in [1.165, 1.54) is 0 Å². The van der Waals surface area contributed by atoms with E-state index < -0.39 is 0 Å². The predicted octanol–water partition coefficient (Wildman–Crippen LogP) is 3.33. The van der Waals surface area contributed by atoms with Crippen LogP contribution in [-0.4, -0.2) is 10.9 Å². The molecule has 2 rings (SSSR count). The summed E-state index contributed by atoms with van der Waals surface area (Å²) in [6.45, 7) is 4.06. The highest BCUT2D eigenvalue weighted by molar-refractivity contribution is 6.02. The minimum atomic E-state index is -0.285. The fourth-order valence-electron chi connectivity index (χ4n) is 1.93. The average molecular weight is 265 g/mol. The summed E-state index contributed by atoms with van der Waals surface area (Å²) >= 11 is 0. The number of hydrogen-bond donors (Lipinski definition) is 1. The zero-order valence-electron chi connectivity index (χ0n) is 11.4. The zero-order chi connectivity index (χ0) is 14.5. The third kappa shape index (κ3) is 3.01. The van der Waals surface area contributed by atoms with Gasteiger partial charge in [-0.15, -0.1) is 0 Å². The topological polar surface area (TPSA) is 65.8 Å². The molecule has 0 radical (unpaired) electrons. The molecule has 20 heavy (non-hydrogen) atoms. The number of amides is 1. The lowest BCUT2D eigenvalue weighted by Gasteiger charge is -2.10. The maximum absolute atomic E-state index is 12.0. The minimum absolute atomic E-state index is 0.269. The first-order valence-electron chi connectivity index (χ1n) is 6.38. The Bertz CT molecular complexity index is 657. The second-order valence-electron chi connectivity index (χ2n) is 4.74. The molecule has 0 aliphatic rings. The number of pyridine rings is 1. The number of carbonyl (C=O) groups is 1. The molecule has 2 aromatic rings. The van der Waals surface area contributed by atoms with E-state index >= 15 is 0 Å². The Hall–Kier alpha value is -2.67. The molecule has 4 nitrogen and oxygen atoms in total. The van der Waals surface area contributed by atoms with E-state index in [9.17, 15) is 4.79 Å². The highest BCUT2D eigenvalue weighted by atomic mass is 16.1. The molecule has 1 aromatic carbocycles. The standard InChI is InChI=1S/C16H15N3O/c1-11(2)14-7-6-13(9-12(14)10-17)19-16(20)15-5-3-4-8-18-15/h3-9,11H,1-2H3,(H,19,20). The van der Waals surface area contributed by atoms with E-state index in [2.05, 4.69) is 16.4 Å². The first-order chi connectivity index (χ1) is 9.61.